The Bertz CT molecular complexity index is 620. The third-order valence-electron chi connectivity index (χ3n) is 4.27. The molecule has 0 aliphatic heterocycles. The topological polar surface area (TPSA) is 46.9 Å². The van der Waals surface area contributed by atoms with E-state index >= 15 is 0 Å². The van der Waals surface area contributed by atoms with Crippen LogP contribution in [0.25, 0.3) is 0 Å². The first kappa shape index (κ1) is 13.9. The number of carbonyl (C=O) groups is 1. The first-order valence-corrected chi connectivity index (χ1v) is 7.46. The first-order valence-electron chi connectivity index (χ1n) is 7.46. The second-order valence-corrected chi connectivity index (χ2v) is 5.95. The van der Waals surface area contributed by atoms with Crippen LogP contribution in [0.5, 0.6) is 0 Å². The van der Waals surface area contributed by atoms with Crippen LogP contribution in [-0.4, -0.2) is 15.5 Å². The van der Waals surface area contributed by atoms with Crippen LogP contribution in [0.4, 0.5) is 0 Å². The molecule has 3 atom stereocenters. The molecule has 1 N–H and O–H groups in total. The van der Waals surface area contributed by atoms with Gasteiger partial charge in [-0.3, -0.25) is 4.79 Å². The van der Waals surface area contributed by atoms with Gasteiger partial charge >= 0.3 is 0 Å². The molecule has 4 nitrogen and oxygen atoms in total. The highest BCUT2D eigenvalue weighted by molar-refractivity contribution is 5.81. The Morgan fingerprint density at radius 2 is 2.14 bits per heavy atom. The van der Waals surface area contributed by atoms with E-state index in [4.69, 9.17) is 0 Å². The average Bonchev–Trinajstić information content (AvgIpc) is 3.10. The Balaban J connectivity index is 1.77. The van der Waals surface area contributed by atoms with E-state index in [0.717, 1.165) is 17.8 Å². The Hall–Kier alpha value is -2.10. The molecule has 1 fully saturated rings. The van der Waals surface area contributed by atoms with Crippen molar-refractivity contribution in [2.75, 3.05) is 0 Å². The summed E-state index contributed by atoms with van der Waals surface area (Å²) in [6.45, 7) is 2.13. The van der Waals surface area contributed by atoms with Gasteiger partial charge in [0.1, 0.15) is 5.82 Å². The average molecular weight is 283 g/mol. The van der Waals surface area contributed by atoms with E-state index in [-0.39, 0.29) is 17.9 Å². The monoisotopic (exact) mass is 283 g/mol. The first-order chi connectivity index (χ1) is 10.1. The summed E-state index contributed by atoms with van der Waals surface area (Å²) in [5.41, 5.74) is 1.13. The van der Waals surface area contributed by atoms with Gasteiger partial charge in [-0.2, -0.15) is 0 Å². The summed E-state index contributed by atoms with van der Waals surface area (Å²) in [6, 6.07) is 10.1. The second-order valence-electron chi connectivity index (χ2n) is 5.95. The molecule has 0 spiro atoms. The van der Waals surface area contributed by atoms with Crippen molar-refractivity contribution in [2.45, 2.75) is 25.8 Å². The minimum atomic E-state index is -0.0207. The fraction of sp³-hybridized carbons (Fsp3) is 0.412. The van der Waals surface area contributed by atoms with Gasteiger partial charge in [0.05, 0.1) is 6.04 Å². The van der Waals surface area contributed by atoms with Crippen LogP contribution >= 0.6 is 0 Å². The number of aromatic nitrogens is 2. The second kappa shape index (κ2) is 5.72. The van der Waals surface area contributed by atoms with E-state index in [2.05, 4.69) is 29.4 Å². The molecular weight excluding hydrogens is 262 g/mol. The van der Waals surface area contributed by atoms with Crippen molar-refractivity contribution in [2.24, 2.45) is 18.9 Å². The maximum Gasteiger partial charge on any atom is 0.223 e. The minimum absolute atomic E-state index is 0.0207. The van der Waals surface area contributed by atoms with Crippen LogP contribution in [0.15, 0.2) is 42.7 Å². The summed E-state index contributed by atoms with van der Waals surface area (Å²) in [5, 5.41) is 3.20. The molecule has 1 aromatic heterocycles. The molecule has 0 saturated heterocycles. The van der Waals surface area contributed by atoms with Gasteiger partial charge < -0.3 is 9.88 Å². The maximum absolute atomic E-state index is 12.3. The fourth-order valence-corrected chi connectivity index (χ4v) is 2.68. The molecule has 1 aliphatic rings. The molecule has 2 aromatic rings. The number of nitrogens with zero attached hydrogens (tertiary/aromatic N) is 2. The number of rotatable bonds is 5. The standard InChI is InChI=1S/C17H21N3O/c1-12-10-14(12)17(21)19-15(13-6-4-3-5-7-13)11-16-18-8-9-20(16)2/h3-9,12,14-15H,10-11H2,1-2H3,(H,19,21)/t12-,14+,15+/m1/s1. The highest BCUT2D eigenvalue weighted by Gasteiger charge is 2.39. The molecular formula is C17H21N3O. The van der Waals surface area contributed by atoms with E-state index in [0.29, 0.717) is 12.3 Å². The molecule has 0 unspecified atom stereocenters. The van der Waals surface area contributed by atoms with Crippen LogP contribution in [0.1, 0.15) is 30.8 Å². The van der Waals surface area contributed by atoms with Crippen molar-refractivity contribution >= 4 is 5.91 Å². The Labute approximate surface area is 125 Å². The lowest BCUT2D eigenvalue weighted by atomic mass is 10.0. The van der Waals surface area contributed by atoms with E-state index in [1.807, 2.05) is 36.0 Å². The number of aryl methyl sites for hydroxylation is 1. The van der Waals surface area contributed by atoms with Crippen LogP contribution in [0.3, 0.4) is 0 Å². The fourth-order valence-electron chi connectivity index (χ4n) is 2.68. The summed E-state index contributed by atoms with van der Waals surface area (Å²) in [7, 11) is 1.98. The molecule has 0 bridgehead atoms. The summed E-state index contributed by atoms with van der Waals surface area (Å²) >= 11 is 0. The molecule has 3 rings (SSSR count). The zero-order valence-electron chi connectivity index (χ0n) is 12.5. The molecule has 1 amide bonds. The van der Waals surface area contributed by atoms with Crippen molar-refractivity contribution < 1.29 is 4.79 Å². The molecule has 1 saturated carbocycles. The molecule has 0 radical (unpaired) electrons. The van der Waals surface area contributed by atoms with Crippen LogP contribution in [0.2, 0.25) is 0 Å². The van der Waals surface area contributed by atoms with E-state index in [9.17, 15) is 4.79 Å². The van der Waals surface area contributed by atoms with Gasteiger partial charge in [-0.25, -0.2) is 4.98 Å². The van der Waals surface area contributed by atoms with Gasteiger partial charge in [0, 0.05) is 31.8 Å². The summed E-state index contributed by atoms with van der Waals surface area (Å²) in [5.74, 6) is 1.87. The number of benzene rings is 1. The van der Waals surface area contributed by atoms with Crippen LogP contribution < -0.4 is 5.32 Å². The van der Waals surface area contributed by atoms with Crippen molar-refractivity contribution in [3.8, 4) is 0 Å². The largest absolute Gasteiger partial charge is 0.349 e. The van der Waals surface area contributed by atoms with Gasteiger partial charge in [0.15, 0.2) is 0 Å². The van der Waals surface area contributed by atoms with E-state index in [1.165, 1.54) is 0 Å². The molecule has 21 heavy (non-hydrogen) atoms. The zero-order chi connectivity index (χ0) is 14.8. The van der Waals surface area contributed by atoms with Gasteiger partial charge in [-0.15, -0.1) is 0 Å². The molecule has 4 heteroatoms. The third kappa shape index (κ3) is 3.15. The lowest BCUT2D eigenvalue weighted by molar-refractivity contribution is -0.123. The lowest BCUT2D eigenvalue weighted by Crippen LogP contribution is -2.32. The molecule has 1 aliphatic carbocycles. The smallest absolute Gasteiger partial charge is 0.223 e. The number of hydrogen-bond donors (Lipinski definition) is 1. The quantitative estimate of drug-likeness (QED) is 0.916. The van der Waals surface area contributed by atoms with Gasteiger partial charge in [-0.1, -0.05) is 37.3 Å². The number of nitrogens with one attached hydrogen (secondary N) is 1. The minimum Gasteiger partial charge on any atom is -0.349 e. The predicted molar refractivity (Wildman–Crippen MR) is 81.5 cm³/mol. The Morgan fingerprint density at radius 3 is 2.71 bits per heavy atom. The molecule has 110 valence electrons. The summed E-state index contributed by atoms with van der Waals surface area (Å²) < 4.78 is 2.00. The predicted octanol–water partition coefficient (Wildman–Crippen LogP) is 2.48. The van der Waals surface area contributed by atoms with Crippen molar-refractivity contribution in [1.29, 1.82) is 0 Å². The van der Waals surface area contributed by atoms with E-state index < -0.39 is 0 Å². The van der Waals surface area contributed by atoms with Gasteiger partial charge in [0.25, 0.3) is 0 Å². The van der Waals surface area contributed by atoms with E-state index in [1.54, 1.807) is 6.20 Å². The normalized spacial score (nSPS) is 21.8. The van der Waals surface area contributed by atoms with Gasteiger partial charge in [-0.05, 0) is 17.9 Å². The van der Waals surface area contributed by atoms with Crippen molar-refractivity contribution in [3.63, 3.8) is 0 Å². The number of carbonyl (C=O) groups excluding carboxylic acids is 1. The molecule has 1 aromatic carbocycles. The highest BCUT2D eigenvalue weighted by Crippen LogP contribution is 2.38. The maximum atomic E-state index is 12.3. The number of hydrogen-bond acceptors (Lipinski definition) is 2. The van der Waals surface area contributed by atoms with Crippen LogP contribution in [-0.2, 0) is 18.3 Å². The van der Waals surface area contributed by atoms with Crippen molar-refractivity contribution in [3.05, 3.63) is 54.1 Å². The Kier molecular flexibility index (Phi) is 3.78. The number of amides is 1. The van der Waals surface area contributed by atoms with Crippen LogP contribution in [0, 0.1) is 11.8 Å². The molecule has 1 heterocycles. The Morgan fingerprint density at radius 1 is 1.43 bits per heavy atom. The lowest BCUT2D eigenvalue weighted by Gasteiger charge is -2.19. The summed E-state index contributed by atoms with van der Waals surface area (Å²) in [4.78, 5) is 16.7. The summed E-state index contributed by atoms with van der Waals surface area (Å²) in [6.07, 6.45) is 5.44. The van der Waals surface area contributed by atoms with Gasteiger partial charge in [0.2, 0.25) is 5.91 Å². The number of imidazole rings is 1. The zero-order valence-corrected chi connectivity index (χ0v) is 12.5. The third-order valence-corrected chi connectivity index (χ3v) is 4.27. The SMILES string of the molecule is C[C@@H]1C[C@@H]1C(=O)N[C@@H](Cc1nccn1C)c1ccccc1. The van der Waals surface area contributed by atoms with Crippen molar-refractivity contribution in [1.82, 2.24) is 14.9 Å². The highest BCUT2D eigenvalue weighted by atomic mass is 16.2.